The quantitative estimate of drug-likeness (QED) is 0.536. The lowest BCUT2D eigenvalue weighted by Crippen LogP contribution is -2.41. The molecule has 1 aromatic heterocycles. The number of nitrogens with one attached hydrogen (secondary N) is 2. The minimum atomic E-state index is -0.427. The third-order valence-corrected chi connectivity index (χ3v) is 4.07. The van der Waals surface area contributed by atoms with Gasteiger partial charge in [-0.3, -0.25) is 20.4 Å². The summed E-state index contributed by atoms with van der Waals surface area (Å²) >= 11 is 0. The third-order valence-electron chi connectivity index (χ3n) is 4.07. The van der Waals surface area contributed by atoms with E-state index in [0.717, 1.165) is 22.3 Å². The maximum Gasteiger partial charge on any atom is 0.262 e. The Hall–Kier alpha value is -3.61. The minimum absolute atomic E-state index is 0.0631. The average molecular weight is 364 g/mol. The summed E-state index contributed by atoms with van der Waals surface area (Å²) in [5.74, 6) is 0.589. The molecule has 0 spiro atoms. The molecule has 138 valence electrons. The number of hydrazine groups is 1. The standard InChI is InChI=1S/C20H20N4O3/c1-24-17-6-4-3-5-16(17)21-18(24)13-20(26)23-22-19(25)12-9-14-7-10-15(27-2)11-8-14/h3-12H,13H2,1-2H3,(H,22,25)(H,23,26)/b12-9+. The molecule has 0 radical (unpaired) electrons. The normalized spacial score (nSPS) is 10.9. The Balaban J connectivity index is 1.52. The van der Waals surface area contributed by atoms with Gasteiger partial charge in [0.1, 0.15) is 11.6 Å². The molecule has 0 unspecified atom stereocenters. The smallest absolute Gasteiger partial charge is 0.262 e. The number of nitrogens with zero attached hydrogens (tertiary/aromatic N) is 2. The number of aromatic nitrogens is 2. The van der Waals surface area contributed by atoms with Crippen molar-refractivity contribution in [3.63, 3.8) is 0 Å². The molecule has 2 amide bonds. The van der Waals surface area contributed by atoms with E-state index in [1.165, 1.54) is 6.08 Å². The number of amides is 2. The van der Waals surface area contributed by atoms with E-state index in [9.17, 15) is 9.59 Å². The van der Waals surface area contributed by atoms with Crippen molar-refractivity contribution in [2.24, 2.45) is 7.05 Å². The van der Waals surface area contributed by atoms with Crippen LogP contribution in [0.5, 0.6) is 5.75 Å². The number of para-hydroxylation sites is 2. The lowest BCUT2D eigenvalue weighted by Gasteiger charge is -2.05. The molecule has 27 heavy (non-hydrogen) atoms. The number of hydrogen-bond acceptors (Lipinski definition) is 4. The lowest BCUT2D eigenvalue weighted by atomic mass is 10.2. The molecule has 0 aliphatic rings. The molecule has 0 atom stereocenters. The zero-order valence-corrected chi connectivity index (χ0v) is 15.1. The second-order valence-electron chi connectivity index (χ2n) is 5.90. The summed E-state index contributed by atoms with van der Waals surface area (Å²) in [5.41, 5.74) is 7.38. The van der Waals surface area contributed by atoms with Gasteiger partial charge in [0.15, 0.2) is 0 Å². The Morgan fingerprint density at radius 2 is 1.85 bits per heavy atom. The van der Waals surface area contributed by atoms with Crippen molar-refractivity contribution in [3.05, 3.63) is 66.0 Å². The van der Waals surface area contributed by atoms with Crippen LogP contribution in [0.3, 0.4) is 0 Å². The van der Waals surface area contributed by atoms with Gasteiger partial charge < -0.3 is 9.30 Å². The Bertz CT molecular complexity index is 990. The van der Waals surface area contributed by atoms with Crippen LogP contribution >= 0.6 is 0 Å². The van der Waals surface area contributed by atoms with Crippen molar-refractivity contribution in [2.75, 3.05) is 7.11 Å². The number of carbonyl (C=O) groups is 2. The fraction of sp³-hybridized carbons (Fsp3) is 0.150. The Kier molecular flexibility index (Phi) is 5.51. The molecule has 1 heterocycles. The van der Waals surface area contributed by atoms with Crippen LogP contribution in [0.1, 0.15) is 11.4 Å². The highest BCUT2D eigenvalue weighted by molar-refractivity contribution is 5.93. The van der Waals surface area contributed by atoms with Crippen molar-refractivity contribution < 1.29 is 14.3 Å². The largest absolute Gasteiger partial charge is 0.497 e. The molecule has 0 aliphatic carbocycles. The number of hydrogen-bond donors (Lipinski definition) is 2. The van der Waals surface area contributed by atoms with Crippen molar-refractivity contribution in [3.8, 4) is 5.75 Å². The zero-order valence-electron chi connectivity index (χ0n) is 15.1. The molecular weight excluding hydrogens is 344 g/mol. The van der Waals surface area contributed by atoms with Gasteiger partial charge in [-0.2, -0.15) is 0 Å². The Labute approximate surface area is 156 Å². The van der Waals surface area contributed by atoms with E-state index < -0.39 is 5.91 Å². The van der Waals surface area contributed by atoms with Crippen LogP contribution in [0.2, 0.25) is 0 Å². The Morgan fingerprint density at radius 1 is 1.11 bits per heavy atom. The van der Waals surface area contributed by atoms with Crippen molar-refractivity contribution >= 4 is 28.9 Å². The fourth-order valence-corrected chi connectivity index (χ4v) is 2.60. The van der Waals surface area contributed by atoms with Gasteiger partial charge >= 0.3 is 0 Å². The summed E-state index contributed by atoms with van der Waals surface area (Å²) in [7, 11) is 3.45. The number of imidazole rings is 1. The molecule has 0 fully saturated rings. The zero-order chi connectivity index (χ0) is 19.2. The van der Waals surface area contributed by atoms with Gasteiger partial charge in [0.05, 0.1) is 24.6 Å². The van der Waals surface area contributed by atoms with Crippen LogP contribution in [0.25, 0.3) is 17.1 Å². The molecule has 0 saturated carbocycles. The van der Waals surface area contributed by atoms with Gasteiger partial charge in [-0.05, 0) is 35.9 Å². The summed E-state index contributed by atoms with van der Waals surface area (Å²) < 4.78 is 6.94. The van der Waals surface area contributed by atoms with Gasteiger partial charge in [-0.25, -0.2) is 4.98 Å². The predicted molar refractivity (Wildman–Crippen MR) is 103 cm³/mol. The average Bonchev–Trinajstić information content (AvgIpc) is 3.01. The summed E-state index contributed by atoms with van der Waals surface area (Å²) in [6.45, 7) is 0. The van der Waals surface area contributed by atoms with E-state index in [-0.39, 0.29) is 12.3 Å². The predicted octanol–water partition coefficient (Wildman–Crippen LogP) is 1.99. The van der Waals surface area contributed by atoms with Crippen LogP contribution in [-0.2, 0) is 23.1 Å². The van der Waals surface area contributed by atoms with Gasteiger partial charge in [0.25, 0.3) is 5.91 Å². The van der Waals surface area contributed by atoms with E-state index in [4.69, 9.17) is 4.74 Å². The highest BCUT2D eigenvalue weighted by Crippen LogP contribution is 2.14. The van der Waals surface area contributed by atoms with E-state index >= 15 is 0 Å². The third kappa shape index (κ3) is 4.52. The Morgan fingerprint density at radius 3 is 2.56 bits per heavy atom. The second-order valence-corrected chi connectivity index (χ2v) is 5.90. The molecule has 0 saturated heterocycles. The highest BCUT2D eigenvalue weighted by atomic mass is 16.5. The monoisotopic (exact) mass is 364 g/mol. The topological polar surface area (TPSA) is 85.2 Å². The van der Waals surface area contributed by atoms with Crippen molar-refractivity contribution in [2.45, 2.75) is 6.42 Å². The van der Waals surface area contributed by atoms with Crippen LogP contribution in [-0.4, -0.2) is 28.5 Å². The maximum absolute atomic E-state index is 12.1. The second kappa shape index (κ2) is 8.18. The summed E-state index contributed by atoms with van der Waals surface area (Å²) in [4.78, 5) is 28.4. The van der Waals surface area contributed by atoms with Gasteiger partial charge in [0, 0.05) is 13.1 Å². The fourth-order valence-electron chi connectivity index (χ4n) is 2.60. The molecule has 2 N–H and O–H groups in total. The number of rotatable bonds is 5. The van der Waals surface area contributed by atoms with Crippen LogP contribution in [0.15, 0.2) is 54.6 Å². The SMILES string of the molecule is COc1ccc(/C=C/C(=O)NNC(=O)Cc2nc3ccccc3n2C)cc1. The molecule has 3 aromatic rings. The number of benzene rings is 2. The summed E-state index contributed by atoms with van der Waals surface area (Å²) in [6, 6.07) is 14.9. The minimum Gasteiger partial charge on any atom is -0.497 e. The van der Waals surface area contributed by atoms with E-state index in [2.05, 4.69) is 15.8 Å². The van der Waals surface area contributed by atoms with Crippen LogP contribution < -0.4 is 15.6 Å². The van der Waals surface area contributed by atoms with E-state index in [0.29, 0.717) is 5.82 Å². The maximum atomic E-state index is 12.1. The number of fused-ring (bicyclic) bond motifs is 1. The van der Waals surface area contributed by atoms with E-state index in [1.807, 2.05) is 48.0 Å². The first-order valence-electron chi connectivity index (χ1n) is 8.38. The first kappa shape index (κ1) is 18.2. The van der Waals surface area contributed by atoms with Crippen molar-refractivity contribution in [1.29, 1.82) is 0 Å². The first-order valence-corrected chi connectivity index (χ1v) is 8.38. The van der Waals surface area contributed by atoms with Gasteiger partial charge in [-0.15, -0.1) is 0 Å². The molecule has 2 aromatic carbocycles. The lowest BCUT2D eigenvalue weighted by molar-refractivity contribution is -0.126. The molecule has 7 nitrogen and oxygen atoms in total. The number of methoxy groups -OCH3 is 1. The first-order chi connectivity index (χ1) is 13.1. The van der Waals surface area contributed by atoms with Crippen LogP contribution in [0, 0.1) is 0 Å². The van der Waals surface area contributed by atoms with Gasteiger partial charge in [0.2, 0.25) is 5.91 Å². The number of aryl methyl sites for hydroxylation is 1. The van der Waals surface area contributed by atoms with Gasteiger partial charge in [-0.1, -0.05) is 24.3 Å². The van der Waals surface area contributed by atoms with Crippen molar-refractivity contribution in [1.82, 2.24) is 20.4 Å². The van der Waals surface area contributed by atoms with Crippen LogP contribution in [0.4, 0.5) is 0 Å². The number of carbonyl (C=O) groups excluding carboxylic acids is 2. The van der Waals surface area contributed by atoms with E-state index in [1.54, 1.807) is 25.3 Å². The molecule has 3 rings (SSSR count). The molecular formula is C20H20N4O3. The molecule has 7 heteroatoms. The summed E-state index contributed by atoms with van der Waals surface area (Å²) in [5, 5.41) is 0. The summed E-state index contributed by atoms with van der Waals surface area (Å²) in [6.07, 6.45) is 3.05. The molecule has 0 aliphatic heterocycles. The highest BCUT2D eigenvalue weighted by Gasteiger charge is 2.11. The molecule has 0 bridgehead atoms. The number of ether oxygens (including phenoxy) is 1.